The summed E-state index contributed by atoms with van der Waals surface area (Å²) in [6, 6.07) is 0. The largest absolute Gasteiger partial charge is 0.472 e. The maximum atomic E-state index is 12.5. The van der Waals surface area contributed by atoms with Gasteiger partial charge in [0.15, 0.2) is 6.10 Å². The van der Waals surface area contributed by atoms with Gasteiger partial charge in [0.05, 0.1) is 13.2 Å². The third kappa shape index (κ3) is 38.7. The van der Waals surface area contributed by atoms with Gasteiger partial charge in [-0.25, -0.2) is 4.57 Å². The molecule has 0 fully saturated rings. The summed E-state index contributed by atoms with van der Waals surface area (Å²) in [4.78, 5) is 34.7. The molecule has 0 aliphatic carbocycles. The number of hydrogen-bond donors (Lipinski definition) is 2. The van der Waals surface area contributed by atoms with Crippen LogP contribution in [-0.4, -0.2) is 49.3 Å². The Bertz CT molecular complexity index is 1140. The first-order valence-corrected chi connectivity index (χ1v) is 21.6. The number of ether oxygens (including phenoxy) is 2. The van der Waals surface area contributed by atoms with Gasteiger partial charge in [-0.15, -0.1) is 0 Å². The standard InChI is InChI=1S/C43H72NO8P/c1-3-5-7-9-11-13-15-17-18-19-20-21-22-24-25-27-29-31-33-35-42(45)49-39-41(40-51-53(47,48)50-38-37-44)52-43(46)36-34-32-30-28-26-23-16-14-12-10-8-6-4-2/h6,8,11-14,17-18,20-21,23,26,30,32,41H,3-5,7,9-10,15-16,19,22,24-25,27-29,31,33-40,44H2,1-2H3,(H,47,48)/b8-6-,13-11-,14-12-,18-17-,21-20-,26-23-,32-30-. The molecule has 0 bridgehead atoms. The molecule has 0 rings (SSSR count). The number of allylic oxidation sites excluding steroid dienone is 14. The van der Waals surface area contributed by atoms with Gasteiger partial charge >= 0.3 is 19.8 Å². The van der Waals surface area contributed by atoms with Crippen LogP contribution in [0, 0.1) is 0 Å². The van der Waals surface area contributed by atoms with E-state index in [1.54, 1.807) is 0 Å². The minimum Gasteiger partial charge on any atom is -0.462 e. The van der Waals surface area contributed by atoms with E-state index in [0.29, 0.717) is 12.8 Å². The first-order chi connectivity index (χ1) is 25.8. The number of nitrogens with two attached hydrogens (primary N) is 1. The van der Waals surface area contributed by atoms with Crippen molar-refractivity contribution in [3.05, 3.63) is 85.1 Å². The predicted molar refractivity (Wildman–Crippen MR) is 219 cm³/mol. The molecule has 0 heterocycles. The molecule has 0 saturated heterocycles. The fourth-order valence-corrected chi connectivity index (χ4v) is 5.59. The van der Waals surface area contributed by atoms with Gasteiger partial charge in [0.25, 0.3) is 0 Å². The highest BCUT2D eigenvalue weighted by molar-refractivity contribution is 7.47. The predicted octanol–water partition coefficient (Wildman–Crippen LogP) is 11.3. The summed E-state index contributed by atoms with van der Waals surface area (Å²) in [6.07, 6.45) is 47.7. The van der Waals surface area contributed by atoms with Gasteiger partial charge in [0.1, 0.15) is 6.61 Å². The summed E-state index contributed by atoms with van der Waals surface area (Å²) in [5.74, 6) is -0.948. The summed E-state index contributed by atoms with van der Waals surface area (Å²) >= 11 is 0. The van der Waals surface area contributed by atoms with Crippen LogP contribution >= 0.6 is 7.82 Å². The van der Waals surface area contributed by atoms with Gasteiger partial charge in [0, 0.05) is 19.4 Å². The Balaban J connectivity index is 4.30. The molecule has 0 aromatic heterocycles. The lowest BCUT2D eigenvalue weighted by molar-refractivity contribution is -0.161. The van der Waals surface area contributed by atoms with Crippen LogP contribution in [0.15, 0.2) is 85.1 Å². The third-order valence-corrected chi connectivity index (χ3v) is 8.76. The quantitative estimate of drug-likeness (QED) is 0.0277. The first kappa shape index (κ1) is 50.2. The summed E-state index contributed by atoms with van der Waals surface area (Å²) in [5, 5.41) is 0. The number of rotatable bonds is 36. The molecule has 2 atom stereocenters. The lowest BCUT2D eigenvalue weighted by Crippen LogP contribution is -2.29. The summed E-state index contributed by atoms with van der Waals surface area (Å²) in [5.41, 5.74) is 5.33. The van der Waals surface area contributed by atoms with Crippen molar-refractivity contribution in [1.29, 1.82) is 0 Å². The zero-order valence-corrected chi connectivity index (χ0v) is 33.9. The van der Waals surface area contributed by atoms with Crippen molar-refractivity contribution in [2.75, 3.05) is 26.4 Å². The number of phosphoric ester groups is 1. The minimum atomic E-state index is -4.40. The summed E-state index contributed by atoms with van der Waals surface area (Å²) in [6.45, 7) is 3.46. The van der Waals surface area contributed by atoms with Gasteiger partial charge < -0.3 is 20.1 Å². The molecule has 0 aliphatic rings. The molecule has 0 amide bonds. The number of unbranched alkanes of at least 4 members (excludes halogenated alkanes) is 9. The van der Waals surface area contributed by atoms with Crippen molar-refractivity contribution in [1.82, 2.24) is 0 Å². The highest BCUT2D eigenvalue weighted by Gasteiger charge is 2.25. The molecule has 0 saturated carbocycles. The SMILES string of the molecule is CC/C=C\C/C=C\C/C=C\C/C=C\CCC(=O)OC(COC(=O)CCCCCCCC/C=C\C/C=C\C/C=C\CCCCC)COP(=O)(O)OCCN. The van der Waals surface area contributed by atoms with Gasteiger partial charge in [-0.2, -0.15) is 0 Å². The van der Waals surface area contributed by atoms with Gasteiger partial charge in [0.2, 0.25) is 0 Å². The first-order valence-electron chi connectivity index (χ1n) is 20.1. The molecule has 10 heteroatoms. The average molecular weight is 762 g/mol. The Morgan fingerprint density at radius 3 is 1.62 bits per heavy atom. The molecule has 0 aromatic rings. The van der Waals surface area contributed by atoms with E-state index < -0.39 is 32.5 Å². The molecular weight excluding hydrogens is 689 g/mol. The third-order valence-electron chi connectivity index (χ3n) is 7.78. The van der Waals surface area contributed by atoms with Crippen LogP contribution in [0.25, 0.3) is 0 Å². The Hall–Kier alpha value is -2.81. The van der Waals surface area contributed by atoms with Crippen molar-refractivity contribution in [2.45, 2.75) is 148 Å². The monoisotopic (exact) mass is 761 g/mol. The summed E-state index contributed by atoms with van der Waals surface area (Å²) < 4.78 is 32.6. The minimum absolute atomic E-state index is 0.0362. The number of phosphoric acid groups is 1. The number of hydrogen-bond acceptors (Lipinski definition) is 8. The molecule has 2 unspecified atom stereocenters. The summed E-state index contributed by atoms with van der Waals surface area (Å²) in [7, 11) is -4.40. The van der Waals surface area contributed by atoms with E-state index in [4.69, 9.17) is 24.3 Å². The second-order valence-electron chi connectivity index (χ2n) is 12.8. The number of carbonyl (C=O) groups is 2. The topological polar surface area (TPSA) is 134 Å². The van der Waals surface area contributed by atoms with E-state index >= 15 is 0 Å². The van der Waals surface area contributed by atoms with Crippen molar-refractivity contribution < 1.29 is 37.6 Å². The Kier molecular flexibility index (Phi) is 36.8. The van der Waals surface area contributed by atoms with Crippen LogP contribution in [0.5, 0.6) is 0 Å². The molecule has 3 N–H and O–H groups in total. The van der Waals surface area contributed by atoms with E-state index in [1.165, 1.54) is 25.7 Å². The van der Waals surface area contributed by atoms with Crippen LogP contribution in [-0.2, 0) is 32.7 Å². The molecule has 0 radical (unpaired) electrons. The van der Waals surface area contributed by atoms with Crippen molar-refractivity contribution in [3.63, 3.8) is 0 Å². The van der Waals surface area contributed by atoms with Crippen LogP contribution in [0.1, 0.15) is 142 Å². The lowest BCUT2D eigenvalue weighted by Gasteiger charge is -2.19. The highest BCUT2D eigenvalue weighted by atomic mass is 31.2. The molecule has 0 spiro atoms. The maximum Gasteiger partial charge on any atom is 0.472 e. The Labute approximate surface area is 322 Å². The van der Waals surface area contributed by atoms with Gasteiger partial charge in [-0.3, -0.25) is 18.6 Å². The van der Waals surface area contributed by atoms with Gasteiger partial charge in [-0.05, 0) is 77.0 Å². The lowest BCUT2D eigenvalue weighted by atomic mass is 10.1. The van der Waals surface area contributed by atoms with Crippen molar-refractivity contribution >= 4 is 19.8 Å². The van der Waals surface area contributed by atoms with Crippen LogP contribution in [0.3, 0.4) is 0 Å². The van der Waals surface area contributed by atoms with Crippen LogP contribution < -0.4 is 5.73 Å². The van der Waals surface area contributed by atoms with Crippen molar-refractivity contribution in [3.8, 4) is 0 Å². The van der Waals surface area contributed by atoms with E-state index in [2.05, 4.69) is 86.8 Å². The average Bonchev–Trinajstić information content (AvgIpc) is 3.14. The second kappa shape index (κ2) is 38.9. The molecule has 9 nitrogen and oxygen atoms in total. The number of esters is 2. The van der Waals surface area contributed by atoms with E-state index in [9.17, 15) is 19.0 Å². The fraction of sp³-hybridized carbons (Fsp3) is 0.628. The van der Waals surface area contributed by atoms with Gasteiger partial charge in [-0.1, -0.05) is 137 Å². The van der Waals surface area contributed by atoms with E-state index in [-0.39, 0.29) is 32.6 Å². The molecule has 53 heavy (non-hydrogen) atoms. The van der Waals surface area contributed by atoms with Crippen LogP contribution in [0.2, 0.25) is 0 Å². The molecule has 302 valence electrons. The zero-order valence-electron chi connectivity index (χ0n) is 33.0. The number of carbonyl (C=O) groups excluding carboxylic acids is 2. The smallest absolute Gasteiger partial charge is 0.462 e. The normalized spacial score (nSPS) is 14.3. The van der Waals surface area contributed by atoms with E-state index in [0.717, 1.165) is 77.0 Å². The fourth-order valence-electron chi connectivity index (χ4n) is 4.83. The van der Waals surface area contributed by atoms with E-state index in [1.807, 2.05) is 12.2 Å². The molecule has 0 aliphatic heterocycles. The molecular formula is C43H72NO8P. The Morgan fingerprint density at radius 2 is 1.08 bits per heavy atom. The highest BCUT2D eigenvalue weighted by Crippen LogP contribution is 2.43. The second-order valence-corrected chi connectivity index (χ2v) is 14.2. The molecule has 0 aromatic carbocycles. The maximum absolute atomic E-state index is 12.5. The Morgan fingerprint density at radius 1 is 0.585 bits per heavy atom. The van der Waals surface area contributed by atoms with Crippen LogP contribution in [0.4, 0.5) is 0 Å². The van der Waals surface area contributed by atoms with Crippen molar-refractivity contribution in [2.24, 2.45) is 5.73 Å². The zero-order chi connectivity index (χ0) is 38.9.